The summed E-state index contributed by atoms with van der Waals surface area (Å²) in [6.07, 6.45) is 6.34. The number of carbonyl (C=O) groups is 1. The van der Waals surface area contributed by atoms with E-state index in [-0.39, 0.29) is 5.91 Å². The molecule has 2 aliphatic heterocycles. The van der Waals surface area contributed by atoms with Crippen LogP contribution in [-0.4, -0.2) is 47.5 Å². The van der Waals surface area contributed by atoms with Crippen LogP contribution in [0.1, 0.15) is 60.7 Å². The number of hydrogen-bond donors (Lipinski definition) is 0. The minimum Gasteiger partial charge on any atom is -0.497 e. The highest BCUT2D eigenvalue weighted by atomic mass is 16.5. The van der Waals surface area contributed by atoms with Crippen LogP contribution in [0.4, 0.5) is 5.82 Å². The number of rotatable bonds is 6. The number of piperidine rings is 1. The van der Waals surface area contributed by atoms with Crippen LogP contribution >= 0.6 is 0 Å². The highest BCUT2D eigenvalue weighted by molar-refractivity contribution is 5.95. The van der Waals surface area contributed by atoms with Crippen molar-refractivity contribution < 1.29 is 9.53 Å². The second-order valence-electron chi connectivity index (χ2n) is 9.34. The number of aryl methyl sites for hydroxylation is 1. The largest absolute Gasteiger partial charge is 0.497 e. The summed E-state index contributed by atoms with van der Waals surface area (Å²) in [4.78, 5) is 27.4. The molecular weight excluding hydrogens is 388 g/mol. The minimum atomic E-state index is 0.137. The van der Waals surface area contributed by atoms with E-state index in [1.54, 1.807) is 7.11 Å². The van der Waals surface area contributed by atoms with Gasteiger partial charge in [-0.3, -0.25) is 9.69 Å². The number of benzene rings is 1. The minimum absolute atomic E-state index is 0.137. The fraction of sp³-hybridized carbons (Fsp3) is 0.560. The maximum Gasteiger partial charge on any atom is 0.228 e. The highest BCUT2D eigenvalue weighted by Gasteiger charge is 2.32. The first-order chi connectivity index (χ1) is 15.1. The zero-order valence-electron chi connectivity index (χ0n) is 18.6. The van der Waals surface area contributed by atoms with Gasteiger partial charge in [0.2, 0.25) is 5.91 Å². The average molecular weight is 421 g/mol. The van der Waals surface area contributed by atoms with E-state index >= 15 is 0 Å². The molecule has 0 bridgehead atoms. The summed E-state index contributed by atoms with van der Waals surface area (Å²) >= 11 is 0. The molecule has 3 aliphatic rings. The van der Waals surface area contributed by atoms with Crippen molar-refractivity contribution in [1.29, 1.82) is 0 Å². The topological polar surface area (TPSA) is 58.6 Å². The SMILES string of the molecule is COc1cccc(CN2C(=O)CCc3c(C)nc([C@@H]4CCCN(CC5CC5)C4)nc32)c1. The number of hydrogen-bond acceptors (Lipinski definition) is 5. The highest BCUT2D eigenvalue weighted by Crippen LogP contribution is 2.35. The van der Waals surface area contributed by atoms with Crippen molar-refractivity contribution in [3.63, 3.8) is 0 Å². The van der Waals surface area contributed by atoms with E-state index < -0.39 is 0 Å². The molecule has 0 N–H and O–H groups in total. The molecule has 6 nitrogen and oxygen atoms in total. The molecule has 164 valence electrons. The Morgan fingerprint density at radius 1 is 1.16 bits per heavy atom. The number of ether oxygens (including phenoxy) is 1. The Bertz CT molecular complexity index is 972. The molecule has 1 aromatic heterocycles. The number of nitrogens with zero attached hydrogens (tertiary/aromatic N) is 4. The van der Waals surface area contributed by atoms with Crippen LogP contribution in [0.15, 0.2) is 24.3 Å². The second kappa shape index (κ2) is 8.58. The molecule has 1 aliphatic carbocycles. The Morgan fingerprint density at radius 2 is 2.03 bits per heavy atom. The molecule has 1 saturated heterocycles. The molecule has 1 saturated carbocycles. The van der Waals surface area contributed by atoms with Gasteiger partial charge in [0.15, 0.2) is 0 Å². The summed E-state index contributed by atoms with van der Waals surface area (Å²) in [7, 11) is 1.67. The standard InChI is InChI=1S/C25H32N4O2/c1-17-22-10-11-23(30)29(15-19-5-3-7-21(13-19)31-2)25(22)27-24(26-17)20-6-4-12-28(16-20)14-18-8-9-18/h3,5,7,13,18,20H,4,6,8-12,14-16H2,1-2H3/t20-/m1/s1. The van der Waals surface area contributed by atoms with Crippen molar-refractivity contribution >= 4 is 11.7 Å². The van der Waals surface area contributed by atoms with E-state index in [4.69, 9.17) is 14.7 Å². The molecule has 1 amide bonds. The maximum absolute atomic E-state index is 12.9. The smallest absolute Gasteiger partial charge is 0.228 e. The third-order valence-electron chi connectivity index (χ3n) is 6.91. The maximum atomic E-state index is 12.9. The van der Waals surface area contributed by atoms with Gasteiger partial charge in [-0.25, -0.2) is 9.97 Å². The van der Waals surface area contributed by atoms with Gasteiger partial charge >= 0.3 is 0 Å². The van der Waals surface area contributed by atoms with E-state index in [0.717, 1.165) is 59.5 Å². The van der Waals surface area contributed by atoms with Gasteiger partial charge in [0, 0.05) is 36.7 Å². The Balaban J connectivity index is 1.43. The molecule has 3 heterocycles. The lowest BCUT2D eigenvalue weighted by atomic mass is 9.95. The van der Waals surface area contributed by atoms with E-state index in [9.17, 15) is 4.79 Å². The van der Waals surface area contributed by atoms with Crippen molar-refractivity contribution in [2.24, 2.45) is 5.92 Å². The molecule has 2 fully saturated rings. The number of amides is 1. The van der Waals surface area contributed by atoms with E-state index in [1.807, 2.05) is 29.2 Å². The van der Waals surface area contributed by atoms with Crippen molar-refractivity contribution in [2.75, 3.05) is 31.6 Å². The molecule has 1 aromatic carbocycles. The zero-order chi connectivity index (χ0) is 21.4. The van der Waals surface area contributed by atoms with Gasteiger partial charge in [0.05, 0.1) is 13.7 Å². The van der Waals surface area contributed by atoms with Crippen molar-refractivity contribution in [3.8, 4) is 5.75 Å². The number of aromatic nitrogens is 2. The van der Waals surface area contributed by atoms with Crippen molar-refractivity contribution in [1.82, 2.24) is 14.9 Å². The lowest BCUT2D eigenvalue weighted by Crippen LogP contribution is -2.38. The van der Waals surface area contributed by atoms with Crippen molar-refractivity contribution in [3.05, 3.63) is 46.9 Å². The molecule has 31 heavy (non-hydrogen) atoms. The normalized spacial score (nSPS) is 21.8. The Labute approximate surface area is 184 Å². The summed E-state index contributed by atoms with van der Waals surface area (Å²) in [6.45, 7) is 6.04. The van der Waals surface area contributed by atoms with Crippen LogP contribution in [0.5, 0.6) is 5.75 Å². The summed E-state index contributed by atoms with van der Waals surface area (Å²) in [5, 5.41) is 0. The zero-order valence-corrected chi connectivity index (χ0v) is 18.6. The Hall–Kier alpha value is -2.47. The van der Waals surface area contributed by atoms with Crippen LogP contribution in [0.3, 0.4) is 0 Å². The van der Waals surface area contributed by atoms with Crippen molar-refractivity contribution in [2.45, 2.75) is 57.9 Å². The molecule has 5 rings (SSSR count). The third kappa shape index (κ3) is 4.45. The number of carbonyl (C=O) groups excluding carboxylic acids is 1. The van der Waals surface area contributed by atoms with Gasteiger partial charge < -0.3 is 9.64 Å². The number of fused-ring (bicyclic) bond motifs is 1. The first-order valence-corrected chi connectivity index (χ1v) is 11.6. The fourth-order valence-electron chi connectivity index (χ4n) is 5.00. The predicted molar refractivity (Wildman–Crippen MR) is 120 cm³/mol. The van der Waals surface area contributed by atoms with Crippen LogP contribution in [0.2, 0.25) is 0 Å². The molecule has 0 unspecified atom stereocenters. The van der Waals surface area contributed by atoms with Gasteiger partial charge in [-0.1, -0.05) is 12.1 Å². The number of anilines is 1. The summed E-state index contributed by atoms with van der Waals surface area (Å²) in [6, 6.07) is 7.93. The van der Waals surface area contributed by atoms with Crippen LogP contribution in [-0.2, 0) is 17.8 Å². The summed E-state index contributed by atoms with van der Waals surface area (Å²) in [5.74, 6) is 3.94. The molecule has 0 radical (unpaired) electrons. The lowest BCUT2D eigenvalue weighted by molar-refractivity contribution is -0.119. The average Bonchev–Trinajstić information content (AvgIpc) is 3.60. The summed E-state index contributed by atoms with van der Waals surface area (Å²) < 4.78 is 5.37. The first-order valence-electron chi connectivity index (χ1n) is 11.6. The van der Waals surface area contributed by atoms with Gasteiger partial charge in [0.25, 0.3) is 0 Å². The predicted octanol–water partition coefficient (Wildman–Crippen LogP) is 3.86. The second-order valence-corrected chi connectivity index (χ2v) is 9.34. The van der Waals surface area contributed by atoms with Gasteiger partial charge in [-0.15, -0.1) is 0 Å². The van der Waals surface area contributed by atoms with Crippen LogP contribution in [0, 0.1) is 12.8 Å². The fourth-order valence-corrected chi connectivity index (χ4v) is 5.00. The molecular formula is C25H32N4O2. The Morgan fingerprint density at radius 3 is 2.84 bits per heavy atom. The number of methoxy groups -OCH3 is 1. The van der Waals surface area contributed by atoms with Gasteiger partial charge in [-0.2, -0.15) is 0 Å². The monoisotopic (exact) mass is 420 g/mol. The summed E-state index contributed by atoms with van der Waals surface area (Å²) in [5.41, 5.74) is 3.20. The Kier molecular flexibility index (Phi) is 5.65. The van der Waals surface area contributed by atoms with E-state index in [2.05, 4.69) is 11.8 Å². The first kappa shape index (κ1) is 20.4. The molecule has 1 atom stereocenters. The molecule has 6 heteroatoms. The molecule has 0 spiro atoms. The van der Waals surface area contributed by atoms with E-state index in [1.165, 1.54) is 32.4 Å². The van der Waals surface area contributed by atoms with Crippen LogP contribution in [0.25, 0.3) is 0 Å². The van der Waals surface area contributed by atoms with E-state index in [0.29, 0.717) is 18.9 Å². The molecule has 2 aromatic rings. The number of likely N-dealkylation sites (tertiary alicyclic amines) is 1. The van der Waals surface area contributed by atoms with Crippen LogP contribution < -0.4 is 9.64 Å². The van der Waals surface area contributed by atoms with Gasteiger partial charge in [0.1, 0.15) is 17.4 Å². The third-order valence-corrected chi connectivity index (χ3v) is 6.91. The van der Waals surface area contributed by atoms with Gasteiger partial charge in [-0.05, 0) is 69.2 Å². The lowest BCUT2D eigenvalue weighted by Gasteiger charge is -2.34. The quantitative estimate of drug-likeness (QED) is 0.710.